The normalized spacial score (nSPS) is 10.4. The van der Waals surface area contributed by atoms with E-state index in [0.717, 1.165) is 0 Å². The number of hydrogen-bond donors (Lipinski definition) is 2. The van der Waals surface area contributed by atoms with Crippen LogP contribution in [-0.4, -0.2) is 52.8 Å². The van der Waals surface area contributed by atoms with Gasteiger partial charge in [0, 0.05) is 41.0 Å². The number of aromatic nitrogens is 5. The highest BCUT2D eigenvalue weighted by atomic mass is 16.5. The van der Waals surface area contributed by atoms with Crippen LogP contribution in [0, 0.1) is 6.92 Å². The van der Waals surface area contributed by atoms with Crippen LogP contribution in [0.1, 0.15) is 11.7 Å². The van der Waals surface area contributed by atoms with Gasteiger partial charge in [-0.2, -0.15) is 19.9 Å². The summed E-state index contributed by atoms with van der Waals surface area (Å²) in [5.74, 6) is 2.83. The summed E-state index contributed by atoms with van der Waals surface area (Å²) in [6.45, 7) is 2.37. The van der Waals surface area contributed by atoms with Crippen LogP contribution in [0.25, 0.3) is 0 Å². The van der Waals surface area contributed by atoms with Gasteiger partial charge in [-0.05, 0) is 0 Å². The lowest BCUT2D eigenvalue weighted by molar-refractivity contribution is 0.387. The van der Waals surface area contributed by atoms with Crippen LogP contribution < -0.4 is 15.5 Å². The summed E-state index contributed by atoms with van der Waals surface area (Å²) >= 11 is 0. The second-order valence-electron chi connectivity index (χ2n) is 4.33. The van der Waals surface area contributed by atoms with Crippen LogP contribution in [0.2, 0.25) is 0 Å². The van der Waals surface area contributed by atoms with Gasteiger partial charge in [0.15, 0.2) is 5.82 Å². The topological polar surface area (TPSA) is 105 Å². The van der Waals surface area contributed by atoms with Gasteiger partial charge in [0.25, 0.3) is 0 Å². The summed E-state index contributed by atoms with van der Waals surface area (Å²) in [7, 11) is 5.52. The highest BCUT2D eigenvalue weighted by Gasteiger charge is 2.07. The molecule has 0 saturated carbocycles. The van der Waals surface area contributed by atoms with Gasteiger partial charge in [-0.15, -0.1) is 0 Å². The molecule has 0 saturated heterocycles. The zero-order valence-corrected chi connectivity index (χ0v) is 12.0. The molecule has 2 heterocycles. The Balaban J connectivity index is 1.99. The van der Waals surface area contributed by atoms with Crippen molar-refractivity contribution in [1.29, 1.82) is 0 Å². The molecule has 20 heavy (non-hydrogen) atoms. The number of nitrogens with zero attached hydrogens (tertiary/aromatic N) is 6. The minimum Gasteiger partial charge on any atom is -0.357 e. The smallest absolute Gasteiger partial charge is 0.231 e. The van der Waals surface area contributed by atoms with Crippen LogP contribution >= 0.6 is 0 Å². The first kappa shape index (κ1) is 14.0. The molecule has 9 nitrogen and oxygen atoms in total. The van der Waals surface area contributed by atoms with Gasteiger partial charge >= 0.3 is 0 Å². The Bertz CT molecular complexity index is 567. The molecule has 0 aliphatic rings. The Morgan fingerprint density at radius 1 is 1.10 bits per heavy atom. The van der Waals surface area contributed by atoms with Crippen molar-refractivity contribution in [3.63, 3.8) is 0 Å². The van der Waals surface area contributed by atoms with E-state index >= 15 is 0 Å². The van der Waals surface area contributed by atoms with Crippen LogP contribution in [-0.2, 0) is 6.42 Å². The standard InChI is InChI=1S/C11H18N8O/c1-7-14-8(18-20-7)5-6-13-10-15-9(12-2)16-11(17-10)19(3)4/h5-6H2,1-4H3,(H2,12,13,15,16,17). The summed E-state index contributed by atoms with van der Waals surface area (Å²) in [5, 5.41) is 9.85. The summed E-state index contributed by atoms with van der Waals surface area (Å²) < 4.78 is 4.91. The molecule has 0 radical (unpaired) electrons. The molecular formula is C11H18N8O. The van der Waals surface area contributed by atoms with E-state index in [1.165, 1.54) is 0 Å². The zero-order valence-electron chi connectivity index (χ0n) is 12.0. The van der Waals surface area contributed by atoms with Gasteiger partial charge < -0.3 is 20.1 Å². The molecule has 0 aromatic carbocycles. The minimum absolute atomic E-state index is 0.508. The zero-order chi connectivity index (χ0) is 14.5. The van der Waals surface area contributed by atoms with Gasteiger partial charge in [-0.1, -0.05) is 5.16 Å². The monoisotopic (exact) mass is 278 g/mol. The summed E-state index contributed by atoms with van der Waals surface area (Å²) in [4.78, 5) is 18.7. The third-order valence-corrected chi connectivity index (χ3v) is 2.45. The molecule has 2 N–H and O–H groups in total. The lowest BCUT2D eigenvalue weighted by Gasteiger charge is -2.12. The summed E-state index contributed by atoms with van der Waals surface area (Å²) in [6.07, 6.45) is 0.634. The predicted octanol–water partition coefficient (Wildman–Crippen LogP) is 0.325. The van der Waals surface area contributed by atoms with E-state index in [4.69, 9.17) is 4.52 Å². The summed E-state index contributed by atoms with van der Waals surface area (Å²) in [5.41, 5.74) is 0. The number of nitrogens with one attached hydrogen (secondary N) is 2. The van der Waals surface area contributed by atoms with Crippen LogP contribution in [0.4, 0.5) is 17.8 Å². The van der Waals surface area contributed by atoms with Crippen molar-refractivity contribution >= 4 is 17.8 Å². The number of rotatable bonds is 6. The maximum Gasteiger partial charge on any atom is 0.231 e. The average molecular weight is 278 g/mol. The third kappa shape index (κ3) is 3.53. The first-order valence-electron chi connectivity index (χ1n) is 6.22. The van der Waals surface area contributed by atoms with Crippen LogP contribution in [0.3, 0.4) is 0 Å². The first-order chi connectivity index (χ1) is 9.58. The molecule has 0 amide bonds. The summed E-state index contributed by atoms with van der Waals surface area (Å²) in [6, 6.07) is 0. The molecule has 108 valence electrons. The molecule has 2 rings (SSSR count). The highest BCUT2D eigenvalue weighted by Crippen LogP contribution is 2.10. The number of aryl methyl sites for hydroxylation is 1. The fourth-order valence-electron chi connectivity index (χ4n) is 1.48. The lowest BCUT2D eigenvalue weighted by atomic mass is 10.4. The molecule has 0 aliphatic heterocycles. The van der Waals surface area contributed by atoms with E-state index in [0.29, 0.717) is 42.5 Å². The van der Waals surface area contributed by atoms with Crippen molar-refractivity contribution in [3.8, 4) is 0 Å². The van der Waals surface area contributed by atoms with Gasteiger partial charge in [-0.25, -0.2) is 0 Å². The molecule has 0 spiro atoms. The van der Waals surface area contributed by atoms with Crippen molar-refractivity contribution in [1.82, 2.24) is 25.1 Å². The van der Waals surface area contributed by atoms with E-state index in [9.17, 15) is 0 Å². The SMILES string of the molecule is CNc1nc(NCCc2noc(C)n2)nc(N(C)C)n1. The van der Waals surface area contributed by atoms with E-state index in [2.05, 4.69) is 35.7 Å². The van der Waals surface area contributed by atoms with Crippen molar-refractivity contribution in [2.75, 3.05) is 43.2 Å². The van der Waals surface area contributed by atoms with Crippen molar-refractivity contribution in [3.05, 3.63) is 11.7 Å². The fraction of sp³-hybridized carbons (Fsp3) is 0.545. The highest BCUT2D eigenvalue weighted by molar-refractivity contribution is 5.42. The molecule has 0 aliphatic carbocycles. The Morgan fingerprint density at radius 2 is 1.85 bits per heavy atom. The second-order valence-corrected chi connectivity index (χ2v) is 4.33. The predicted molar refractivity (Wildman–Crippen MR) is 74.9 cm³/mol. The molecule has 0 atom stereocenters. The van der Waals surface area contributed by atoms with Crippen molar-refractivity contribution in [2.45, 2.75) is 13.3 Å². The molecule has 9 heteroatoms. The Kier molecular flexibility index (Phi) is 4.28. The lowest BCUT2D eigenvalue weighted by Crippen LogP contribution is -2.17. The first-order valence-corrected chi connectivity index (χ1v) is 6.22. The second kappa shape index (κ2) is 6.13. The van der Waals surface area contributed by atoms with Crippen molar-refractivity contribution in [2.24, 2.45) is 0 Å². The Hall–Kier alpha value is -2.45. The molecule has 0 fully saturated rings. The molecule has 0 unspecified atom stereocenters. The molecular weight excluding hydrogens is 260 g/mol. The van der Waals surface area contributed by atoms with Crippen molar-refractivity contribution < 1.29 is 4.52 Å². The molecule has 2 aromatic heterocycles. The van der Waals surface area contributed by atoms with Gasteiger partial charge in [0.2, 0.25) is 23.7 Å². The van der Waals surface area contributed by atoms with E-state index in [1.54, 1.807) is 14.0 Å². The Morgan fingerprint density at radius 3 is 2.45 bits per heavy atom. The van der Waals surface area contributed by atoms with Crippen LogP contribution in [0.15, 0.2) is 4.52 Å². The maximum atomic E-state index is 4.91. The number of anilines is 3. The van der Waals surface area contributed by atoms with Gasteiger partial charge in [0.05, 0.1) is 0 Å². The van der Waals surface area contributed by atoms with E-state index in [-0.39, 0.29) is 0 Å². The Labute approximate surface area is 116 Å². The van der Waals surface area contributed by atoms with Crippen LogP contribution in [0.5, 0.6) is 0 Å². The minimum atomic E-state index is 0.508. The van der Waals surface area contributed by atoms with Gasteiger partial charge in [-0.3, -0.25) is 0 Å². The van der Waals surface area contributed by atoms with E-state index < -0.39 is 0 Å². The third-order valence-electron chi connectivity index (χ3n) is 2.45. The maximum absolute atomic E-state index is 4.91. The molecule has 2 aromatic rings. The number of hydrogen-bond acceptors (Lipinski definition) is 9. The average Bonchev–Trinajstić information content (AvgIpc) is 2.84. The fourth-order valence-corrected chi connectivity index (χ4v) is 1.48. The largest absolute Gasteiger partial charge is 0.357 e. The van der Waals surface area contributed by atoms with E-state index in [1.807, 2.05) is 19.0 Å². The van der Waals surface area contributed by atoms with Gasteiger partial charge in [0.1, 0.15) is 0 Å². The quantitative estimate of drug-likeness (QED) is 0.773. The molecule has 0 bridgehead atoms.